The van der Waals surface area contributed by atoms with Crippen LogP contribution < -0.4 is 16.0 Å². The highest BCUT2D eigenvalue weighted by atomic mass is 32.2. The van der Waals surface area contributed by atoms with Crippen molar-refractivity contribution >= 4 is 57.6 Å². The predicted octanol–water partition coefficient (Wildman–Crippen LogP) is 9.79. The first kappa shape index (κ1) is 35.6. The molecule has 6 rings (SSSR count). The van der Waals surface area contributed by atoms with E-state index in [1.54, 1.807) is 48.5 Å². The predicted molar refractivity (Wildman–Crippen MR) is 211 cm³/mol. The van der Waals surface area contributed by atoms with E-state index in [9.17, 15) is 19.6 Å². The van der Waals surface area contributed by atoms with Gasteiger partial charge in [0, 0.05) is 27.1 Å². The normalized spacial score (nSPS) is 11.6. The zero-order chi connectivity index (χ0) is 36.5. The van der Waals surface area contributed by atoms with Crippen molar-refractivity contribution in [2.45, 2.75) is 24.0 Å². The van der Waals surface area contributed by atoms with Crippen molar-refractivity contribution in [2.75, 3.05) is 10.6 Å². The van der Waals surface area contributed by atoms with Crippen molar-refractivity contribution in [1.82, 2.24) is 5.32 Å². The van der Waals surface area contributed by atoms with Gasteiger partial charge in [0.2, 0.25) is 5.91 Å². The van der Waals surface area contributed by atoms with Crippen LogP contribution in [0, 0.1) is 25.2 Å². The van der Waals surface area contributed by atoms with Gasteiger partial charge in [-0.3, -0.25) is 14.4 Å². The molecular weight excluding hydrogens is 685 g/mol. The van der Waals surface area contributed by atoms with Crippen LogP contribution in [-0.2, 0) is 9.59 Å². The van der Waals surface area contributed by atoms with Gasteiger partial charge in [-0.2, -0.15) is 5.26 Å². The molecule has 0 saturated carbocycles. The van der Waals surface area contributed by atoms with Crippen LogP contribution in [0.25, 0.3) is 17.2 Å². The molecule has 6 aromatic rings. The first-order valence-electron chi connectivity index (χ1n) is 16.4. The molecule has 256 valence electrons. The number of aryl methyl sites for hydroxylation is 2. The Morgan fingerprint density at radius 2 is 1.48 bits per heavy atom. The Morgan fingerprint density at radius 3 is 2.19 bits per heavy atom. The van der Waals surface area contributed by atoms with Crippen molar-refractivity contribution in [3.05, 3.63) is 178 Å². The van der Waals surface area contributed by atoms with Crippen LogP contribution in [0.1, 0.15) is 43.4 Å². The number of nitriles is 1. The zero-order valence-corrected chi connectivity index (χ0v) is 30.1. The van der Waals surface area contributed by atoms with Crippen LogP contribution in [0.2, 0.25) is 0 Å². The molecule has 52 heavy (non-hydrogen) atoms. The first-order chi connectivity index (χ1) is 25.3. The monoisotopic (exact) mass is 718 g/mol. The summed E-state index contributed by atoms with van der Waals surface area (Å²) in [5.41, 5.74) is 6.74. The van der Waals surface area contributed by atoms with E-state index >= 15 is 0 Å². The van der Waals surface area contributed by atoms with Crippen molar-refractivity contribution in [2.24, 2.45) is 0 Å². The second-order valence-electron chi connectivity index (χ2n) is 12.0. The third-order valence-electron chi connectivity index (χ3n) is 8.07. The third kappa shape index (κ3) is 8.92. The molecule has 0 aliphatic carbocycles. The number of nitrogens with zero attached hydrogens (tertiary/aromatic N) is 1. The average Bonchev–Trinajstić information content (AvgIpc) is 3.56. The number of rotatable bonds is 11. The fourth-order valence-electron chi connectivity index (χ4n) is 5.44. The average molecular weight is 719 g/mol. The largest absolute Gasteiger partial charge is 0.321 e. The van der Waals surface area contributed by atoms with Gasteiger partial charge < -0.3 is 16.0 Å². The molecule has 3 N–H and O–H groups in total. The second kappa shape index (κ2) is 16.7. The standard InChI is InChI=1S/C43H34N4O3S2/c1-28-19-21-31(22-20-28)37-27-51-43(36(37)26-44)47-42(50)39(32-13-5-3-6-14-32)52-35-18-10-17-34(25-35)45-41(49)38(24-30-12-9-11-29(2)23-30)46-40(48)33-15-7-4-8-16-33/h3-25,27,39H,1-2H3,(H,45,49)(H,46,48)(H,47,50)/b38-24+. The molecule has 9 heteroatoms. The maximum Gasteiger partial charge on any atom is 0.272 e. The van der Waals surface area contributed by atoms with Gasteiger partial charge in [-0.25, -0.2) is 0 Å². The molecule has 5 aromatic carbocycles. The van der Waals surface area contributed by atoms with Crippen molar-refractivity contribution in [1.29, 1.82) is 5.26 Å². The number of thioether (sulfide) groups is 1. The minimum atomic E-state index is -0.675. The molecule has 0 fully saturated rings. The van der Waals surface area contributed by atoms with E-state index in [2.05, 4.69) is 22.0 Å². The number of hydrogen-bond donors (Lipinski definition) is 3. The van der Waals surface area contributed by atoms with E-state index in [1.807, 2.05) is 110 Å². The Morgan fingerprint density at radius 1 is 0.769 bits per heavy atom. The van der Waals surface area contributed by atoms with E-state index < -0.39 is 17.1 Å². The van der Waals surface area contributed by atoms with E-state index in [-0.39, 0.29) is 11.6 Å². The first-order valence-corrected chi connectivity index (χ1v) is 18.2. The van der Waals surface area contributed by atoms with Gasteiger partial charge in [0.15, 0.2) is 0 Å². The van der Waals surface area contributed by atoms with Crippen molar-refractivity contribution in [3.63, 3.8) is 0 Å². The van der Waals surface area contributed by atoms with E-state index in [0.29, 0.717) is 21.8 Å². The Hall–Kier alpha value is -6.21. The highest BCUT2D eigenvalue weighted by Crippen LogP contribution is 2.40. The Balaban J connectivity index is 1.24. The van der Waals surface area contributed by atoms with E-state index in [1.165, 1.54) is 23.1 Å². The van der Waals surface area contributed by atoms with Gasteiger partial charge in [-0.1, -0.05) is 114 Å². The fourth-order valence-corrected chi connectivity index (χ4v) is 7.44. The minimum Gasteiger partial charge on any atom is -0.321 e. The van der Waals surface area contributed by atoms with Crippen LogP contribution in [0.5, 0.6) is 0 Å². The highest BCUT2D eigenvalue weighted by Gasteiger charge is 2.25. The third-order valence-corrected chi connectivity index (χ3v) is 10.2. The molecule has 3 amide bonds. The smallest absolute Gasteiger partial charge is 0.272 e. The number of nitrogens with one attached hydrogen (secondary N) is 3. The molecular formula is C43H34N4O3S2. The van der Waals surface area contributed by atoms with Crippen molar-refractivity contribution < 1.29 is 14.4 Å². The summed E-state index contributed by atoms with van der Waals surface area (Å²) >= 11 is 2.64. The molecule has 0 saturated heterocycles. The Kier molecular flexibility index (Phi) is 11.4. The van der Waals surface area contributed by atoms with Crippen LogP contribution in [0.4, 0.5) is 10.7 Å². The van der Waals surface area contributed by atoms with Gasteiger partial charge >= 0.3 is 0 Å². The maximum absolute atomic E-state index is 14.0. The lowest BCUT2D eigenvalue weighted by Gasteiger charge is -2.17. The molecule has 0 radical (unpaired) electrons. The fraction of sp³-hybridized carbons (Fsp3) is 0.0698. The topological polar surface area (TPSA) is 111 Å². The zero-order valence-electron chi connectivity index (χ0n) is 28.4. The summed E-state index contributed by atoms with van der Waals surface area (Å²) < 4.78 is 0. The van der Waals surface area contributed by atoms with Gasteiger partial charge in [-0.05, 0) is 66.9 Å². The highest BCUT2D eigenvalue weighted by molar-refractivity contribution is 8.00. The number of thiophene rings is 1. The second-order valence-corrected chi connectivity index (χ2v) is 14.1. The Labute approximate surface area is 311 Å². The molecule has 1 unspecified atom stereocenters. The summed E-state index contributed by atoms with van der Waals surface area (Å²) in [4.78, 5) is 41.6. The lowest BCUT2D eigenvalue weighted by Crippen LogP contribution is -2.30. The molecule has 0 aliphatic rings. The van der Waals surface area contributed by atoms with Gasteiger partial charge in [0.1, 0.15) is 22.0 Å². The van der Waals surface area contributed by atoms with E-state index in [4.69, 9.17) is 0 Å². The molecule has 0 aliphatic heterocycles. The molecule has 1 heterocycles. The number of benzene rings is 5. The lowest BCUT2D eigenvalue weighted by molar-refractivity contribution is -0.116. The van der Waals surface area contributed by atoms with Crippen LogP contribution in [0.15, 0.2) is 149 Å². The Bertz CT molecular complexity index is 2290. The van der Waals surface area contributed by atoms with Gasteiger partial charge in [0.05, 0.1) is 5.56 Å². The van der Waals surface area contributed by atoms with Crippen LogP contribution >= 0.6 is 23.1 Å². The molecule has 0 bridgehead atoms. The number of carbonyl (C=O) groups excluding carboxylic acids is 3. The van der Waals surface area contributed by atoms with E-state index in [0.717, 1.165) is 38.3 Å². The number of carbonyl (C=O) groups is 3. The molecule has 0 spiro atoms. The summed E-state index contributed by atoms with van der Waals surface area (Å²) in [5.74, 6) is -1.20. The SMILES string of the molecule is Cc1ccc(-c2csc(NC(=O)C(Sc3cccc(NC(=O)/C(=C\c4cccc(C)c4)NC(=O)c4ccccc4)c3)c3ccccc3)c2C#N)cc1. The maximum atomic E-state index is 14.0. The quantitative estimate of drug-likeness (QED) is 0.0913. The minimum absolute atomic E-state index is 0.0771. The van der Waals surface area contributed by atoms with Gasteiger partial charge in [-0.15, -0.1) is 23.1 Å². The molecule has 7 nitrogen and oxygen atoms in total. The number of amides is 3. The summed E-state index contributed by atoms with van der Waals surface area (Å²) in [6, 6.07) is 43.1. The summed E-state index contributed by atoms with van der Waals surface area (Å²) in [6.45, 7) is 3.96. The number of anilines is 2. The molecule has 1 atom stereocenters. The van der Waals surface area contributed by atoms with Crippen LogP contribution in [0.3, 0.4) is 0 Å². The van der Waals surface area contributed by atoms with Crippen molar-refractivity contribution in [3.8, 4) is 17.2 Å². The lowest BCUT2D eigenvalue weighted by atomic mass is 10.0. The number of hydrogen-bond acceptors (Lipinski definition) is 6. The molecule has 1 aromatic heterocycles. The summed E-state index contributed by atoms with van der Waals surface area (Å²) in [7, 11) is 0. The van der Waals surface area contributed by atoms with Crippen LogP contribution in [-0.4, -0.2) is 17.7 Å². The summed E-state index contributed by atoms with van der Waals surface area (Å²) in [5, 5.41) is 20.5. The van der Waals surface area contributed by atoms with Gasteiger partial charge in [0.25, 0.3) is 11.8 Å². The summed E-state index contributed by atoms with van der Waals surface area (Å²) in [6.07, 6.45) is 1.64.